The predicted molar refractivity (Wildman–Crippen MR) is 112 cm³/mol. The van der Waals surface area contributed by atoms with Gasteiger partial charge in [-0.15, -0.1) is 0 Å². The van der Waals surface area contributed by atoms with Crippen LogP contribution in [0, 0.1) is 11.3 Å². The van der Waals surface area contributed by atoms with Gasteiger partial charge >= 0.3 is 0 Å². The molecule has 0 aliphatic heterocycles. The summed E-state index contributed by atoms with van der Waals surface area (Å²) in [5.41, 5.74) is 3.71. The zero-order valence-corrected chi connectivity index (χ0v) is 17.0. The van der Waals surface area contributed by atoms with E-state index < -0.39 is 10.0 Å². The molecule has 1 heterocycles. The fourth-order valence-corrected chi connectivity index (χ4v) is 4.53. The van der Waals surface area contributed by atoms with E-state index in [1.807, 2.05) is 44.2 Å². The lowest BCUT2D eigenvalue weighted by molar-refractivity contribution is 0.415. The second-order valence-corrected chi connectivity index (χ2v) is 8.30. The molecule has 28 heavy (non-hydrogen) atoms. The smallest absolute Gasteiger partial charge is 0.232 e. The number of aryl methyl sites for hydroxylation is 1. The van der Waals surface area contributed by atoms with Crippen molar-refractivity contribution in [2.45, 2.75) is 26.8 Å². The predicted octanol–water partition coefficient (Wildman–Crippen LogP) is 4.36. The van der Waals surface area contributed by atoms with Crippen LogP contribution in [0.1, 0.15) is 25.8 Å². The molecule has 1 N–H and O–H groups in total. The van der Waals surface area contributed by atoms with Crippen molar-refractivity contribution in [2.24, 2.45) is 0 Å². The second-order valence-electron chi connectivity index (χ2n) is 6.46. The summed E-state index contributed by atoms with van der Waals surface area (Å²) < 4.78 is 33.9. The van der Waals surface area contributed by atoms with Gasteiger partial charge in [0.2, 0.25) is 10.0 Å². The number of hydrogen-bond donors (Lipinski definition) is 1. The lowest BCUT2D eigenvalue weighted by Gasteiger charge is -2.11. The van der Waals surface area contributed by atoms with Crippen LogP contribution in [0.5, 0.6) is 5.75 Å². The molecule has 3 aromatic rings. The second kappa shape index (κ2) is 7.95. The summed E-state index contributed by atoms with van der Waals surface area (Å²) in [6, 6.07) is 15.1. The molecular formula is C21H23N3O3S. The molecule has 0 spiro atoms. The van der Waals surface area contributed by atoms with Crippen LogP contribution in [0.4, 0.5) is 5.69 Å². The van der Waals surface area contributed by atoms with E-state index in [9.17, 15) is 13.7 Å². The highest BCUT2D eigenvalue weighted by molar-refractivity contribution is 7.92. The average Bonchev–Trinajstić information content (AvgIpc) is 3.00. The lowest BCUT2D eigenvalue weighted by atomic mass is 10.1. The SMILES string of the molecule is CCCS(=O)(=O)Nc1ccc(-c2c(C#N)c3ccc(OC)cc3n2CC)cc1. The Morgan fingerprint density at radius 2 is 1.86 bits per heavy atom. The zero-order valence-electron chi connectivity index (χ0n) is 16.2. The Hall–Kier alpha value is -2.98. The van der Waals surface area contributed by atoms with E-state index in [0.717, 1.165) is 27.9 Å². The highest BCUT2D eigenvalue weighted by Gasteiger charge is 2.18. The van der Waals surface area contributed by atoms with Crippen molar-refractivity contribution in [1.82, 2.24) is 4.57 Å². The summed E-state index contributed by atoms with van der Waals surface area (Å²) >= 11 is 0. The number of nitriles is 1. The van der Waals surface area contributed by atoms with Gasteiger partial charge in [0.25, 0.3) is 0 Å². The summed E-state index contributed by atoms with van der Waals surface area (Å²) in [4.78, 5) is 0. The number of nitrogens with zero attached hydrogens (tertiary/aromatic N) is 2. The Labute approximate surface area is 165 Å². The molecule has 6 nitrogen and oxygen atoms in total. The number of rotatable bonds is 7. The van der Waals surface area contributed by atoms with Crippen molar-refractivity contribution in [3.05, 3.63) is 48.0 Å². The fourth-order valence-electron chi connectivity index (χ4n) is 3.39. The molecule has 0 amide bonds. The van der Waals surface area contributed by atoms with Gasteiger partial charge in [0.15, 0.2) is 0 Å². The van der Waals surface area contributed by atoms with E-state index in [-0.39, 0.29) is 5.75 Å². The van der Waals surface area contributed by atoms with Gasteiger partial charge in [0.1, 0.15) is 11.8 Å². The fraction of sp³-hybridized carbons (Fsp3) is 0.286. The Balaban J connectivity index is 2.09. The van der Waals surface area contributed by atoms with Gasteiger partial charge in [-0.3, -0.25) is 4.72 Å². The monoisotopic (exact) mass is 397 g/mol. The minimum absolute atomic E-state index is 0.0826. The van der Waals surface area contributed by atoms with Gasteiger partial charge in [-0.05, 0) is 43.2 Å². The van der Waals surface area contributed by atoms with Crippen LogP contribution in [0.25, 0.3) is 22.2 Å². The van der Waals surface area contributed by atoms with Crippen molar-refractivity contribution >= 4 is 26.6 Å². The first-order valence-electron chi connectivity index (χ1n) is 9.15. The van der Waals surface area contributed by atoms with Crippen molar-refractivity contribution in [2.75, 3.05) is 17.6 Å². The third kappa shape index (κ3) is 3.69. The largest absolute Gasteiger partial charge is 0.497 e. The minimum atomic E-state index is -3.34. The molecule has 0 atom stereocenters. The van der Waals surface area contributed by atoms with Crippen molar-refractivity contribution in [3.8, 4) is 23.1 Å². The topological polar surface area (TPSA) is 84.1 Å². The highest BCUT2D eigenvalue weighted by atomic mass is 32.2. The van der Waals surface area contributed by atoms with Crippen molar-refractivity contribution in [3.63, 3.8) is 0 Å². The first-order valence-corrected chi connectivity index (χ1v) is 10.8. The third-order valence-electron chi connectivity index (χ3n) is 4.60. The number of benzene rings is 2. The standard InChI is InChI=1S/C21H23N3O3S/c1-4-12-28(25,26)23-16-8-6-15(7-9-16)21-19(14-22)18-11-10-17(27-3)13-20(18)24(21)5-2/h6-11,13,23H,4-5,12H2,1-3H3. The molecule has 3 rings (SSSR count). The summed E-state index contributed by atoms with van der Waals surface area (Å²) in [7, 11) is -1.72. The Morgan fingerprint density at radius 3 is 2.43 bits per heavy atom. The van der Waals surface area contributed by atoms with Gasteiger partial charge < -0.3 is 9.30 Å². The van der Waals surface area contributed by atoms with Crippen LogP contribution >= 0.6 is 0 Å². The third-order valence-corrected chi connectivity index (χ3v) is 6.10. The normalized spacial score (nSPS) is 11.4. The number of fused-ring (bicyclic) bond motifs is 1. The summed E-state index contributed by atoms with van der Waals surface area (Å²) in [6.45, 7) is 4.53. The van der Waals surface area contributed by atoms with Crippen LogP contribution in [-0.4, -0.2) is 25.8 Å². The van der Waals surface area contributed by atoms with Crippen LogP contribution in [0.15, 0.2) is 42.5 Å². The molecule has 0 unspecified atom stereocenters. The van der Waals surface area contributed by atoms with Gasteiger partial charge in [-0.25, -0.2) is 8.42 Å². The van der Waals surface area contributed by atoms with E-state index in [0.29, 0.717) is 24.2 Å². The molecule has 0 saturated carbocycles. The molecule has 7 heteroatoms. The summed E-state index contributed by atoms with van der Waals surface area (Å²) in [5.74, 6) is 0.815. The van der Waals surface area contributed by atoms with E-state index in [2.05, 4.69) is 15.4 Å². The molecule has 146 valence electrons. The van der Waals surface area contributed by atoms with E-state index >= 15 is 0 Å². The highest BCUT2D eigenvalue weighted by Crippen LogP contribution is 2.35. The van der Waals surface area contributed by atoms with Crippen molar-refractivity contribution < 1.29 is 13.2 Å². The quantitative estimate of drug-likeness (QED) is 0.642. The van der Waals surface area contributed by atoms with E-state index in [1.54, 1.807) is 19.2 Å². The van der Waals surface area contributed by atoms with Crippen LogP contribution in [0.3, 0.4) is 0 Å². The molecule has 0 radical (unpaired) electrons. The molecular weight excluding hydrogens is 374 g/mol. The van der Waals surface area contributed by atoms with Gasteiger partial charge in [0, 0.05) is 23.7 Å². The molecule has 0 aliphatic carbocycles. The molecule has 0 saturated heterocycles. The zero-order chi connectivity index (χ0) is 20.3. The van der Waals surface area contributed by atoms with Crippen LogP contribution < -0.4 is 9.46 Å². The van der Waals surface area contributed by atoms with E-state index in [4.69, 9.17) is 4.74 Å². The van der Waals surface area contributed by atoms with E-state index in [1.165, 1.54) is 0 Å². The maximum Gasteiger partial charge on any atom is 0.232 e. The molecule has 2 aromatic carbocycles. The van der Waals surface area contributed by atoms with Gasteiger partial charge in [-0.2, -0.15) is 5.26 Å². The first-order chi connectivity index (χ1) is 13.4. The van der Waals surface area contributed by atoms with Crippen molar-refractivity contribution in [1.29, 1.82) is 5.26 Å². The summed E-state index contributed by atoms with van der Waals surface area (Å²) in [5, 5.41) is 10.7. The number of hydrogen-bond acceptors (Lipinski definition) is 4. The number of ether oxygens (including phenoxy) is 1. The van der Waals surface area contributed by atoms with Gasteiger partial charge in [-0.1, -0.05) is 19.1 Å². The first kappa shape index (κ1) is 19.8. The Morgan fingerprint density at radius 1 is 1.14 bits per heavy atom. The Kier molecular flexibility index (Phi) is 5.61. The molecule has 0 aliphatic rings. The molecule has 1 aromatic heterocycles. The minimum Gasteiger partial charge on any atom is -0.497 e. The maximum absolute atomic E-state index is 12.0. The number of aromatic nitrogens is 1. The number of anilines is 1. The maximum atomic E-state index is 12.0. The molecule has 0 bridgehead atoms. The van der Waals surface area contributed by atoms with Crippen LogP contribution in [0.2, 0.25) is 0 Å². The lowest BCUT2D eigenvalue weighted by Crippen LogP contribution is -2.15. The summed E-state index contributed by atoms with van der Waals surface area (Å²) in [6.07, 6.45) is 0.555. The average molecular weight is 398 g/mol. The number of nitrogens with one attached hydrogen (secondary N) is 1. The molecule has 0 fully saturated rings. The van der Waals surface area contributed by atoms with Crippen LogP contribution in [-0.2, 0) is 16.6 Å². The Bertz CT molecular complexity index is 1140. The number of methoxy groups -OCH3 is 1. The number of sulfonamides is 1. The van der Waals surface area contributed by atoms with Gasteiger partial charge in [0.05, 0.1) is 29.6 Å².